The van der Waals surface area contributed by atoms with E-state index in [9.17, 15) is 32.3 Å². The van der Waals surface area contributed by atoms with Crippen LogP contribution in [0.4, 0.5) is 30.2 Å². The number of amides is 4. The number of rotatable bonds is 11. The quantitative estimate of drug-likeness (QED) is 0.190. The first kappa shape index (κ1) is 42.3. The van der Waals surface area contributed by atoms with Crippen molar-refractivity contribution in [3.05, 3.63) is 47.8 Å². The number of piperazine rings is 1. The summed E-state index contributed by atoms with van der Waals surface area (Å²) in [7, 11) is 0. The van der Waals surface area contributed by atoms with Crippen LogP contribution >= 0.6 is 12.6 Å². The molecule has 4 heterocycles. The lowest BCUT2D eigenvalue weighted by atomic mass is 9.89. The molecule has 0 spiro atoms. The van der Waals surface area contributed by atoms with Crippen LogP contribution in [0, 0.1) is 11.3 Å². The van der Waals surface area contributed by atoms with E-state index in [2.05, 4.69) is 44.6 Å². The number of piperidine rings is 1. The van der Waals surface area contributed by atoms with E-state index in [4.69, 9.17) is 22.6 Å². The lowest BCUT2D eigenvalue weighted by Crippen LogP contribution is -2.58. The summed E-state index contributed by atoms with van der Waals surface area (Å²) in [4.78, 5) is 61.8. The molecule has 1 aromatic heterocycles. The summed E-state index contributed by atoms with van der Waals surface area (Å²) in [5, 5.41) is 17.6. The van der Waals surface area contributed by atoms with Crippen molar-refractivity contribution >= 4 is 53.3 Å². The molecule has 6 rings (SSSR count). The molecule has 18 heteroatoms. The number of alkyl halides is 3. The smallest absolute Gasteiger partial charge is 0.377 e. The predicted molar refractivity (Wildman–Crippen MR) is 209 cm³/mol. The normalized spacial score (nSPS) is 27.6. The van der Waals surface area contributed by atoms with Gasteiger partial charge in [0.2, 0.25) is 23.6 Å². The van der Waals surface area contributed by atoms with E-state index in [1.165, 1.54) is 11.0 Å². The van der Waals surface area contributed by atoms with E-state index in [0.717, 1.165) is 57.6 Å². The molecule has 0 bridgehead atoms. The Hall–Kier alpha value is -4.28. The Morgan fingerprint density at radius 3 is 2.40 bits per heavy atom. The van der Waals surface area contributed by atoms with Gasteiger partial charge in [-0.15, -0.1) is 12.6 Å². The lowest BCUT2D eigenvalue weighted by Gasteiger charge is -2.44. The molecule has 2 unspecified atom stereocenters. The van der Waals surface area contributed by atoms with Crippen molar-refractivity contribution in [1.29, 1.82) is 5.26 Å². The molecule has 0 radical (unpaired) electrons. The number of nitrogens with zero attached hydrogens (tertiary/aromatic N) is 6. The van der Waals surface area contributed by atoms with E-state index >= 15 is 0 Å². The number of anilines is 3. The highest BCUT2D eigenvalue weighted by Crippen LogP contribution is 2.43. The minimum Gasteiger partial charge on any atom is -0.377 e. The average Bonchev–Trinajstić information content (AvgIpc) is 3.32. The molecule has 1 saturated carbocycles. The van der Waals surface area contributed by atoms with Gasteiger partial charge in [-0.2, -0.15) is 18.4 Å². The van der Waals surface area contributed by atoms with Gasteiger partial charge in [-0.05, 0) is 84.1 Å². The fourth-order valence-electron chi connectivity index (χ4n) is 8.59. The van der Waals surface area contributed by atoms with Crippen LogP contribution in [0.3, 0.4) is 0 Å². The average molecular weight is 814 g/mol. The number of aromatic nitrogens is 1. The molecular formula is C39H50F3N9O5S. The van der Waals surface area contributed by atoms with Crippen LogP contribution in [-0.4, -0.2) is 117 Å². The van der Waals surface area contributed by atoms with Gasteiger partial charge < -0.3 is 15.4 Å². The van der Waals surface area contributed by atoms with Crippen LogP contribution in [0.2, 0.25) is 0 Å². The number of hydrogen-bond acceptors (Lipinski definition) is 12. The van der Waals surface area contributed by atoms with Gasteiger partial charge in [0.25, 0.3) is 0 Å². The maximum absolute atomic E-state index is 13.7. The van der Waals surface area contributed by atoms with E-state index < -0.39 is 40.4 Å². The van der Waals surface area contributed by atoms with Crippen molar-refractivity contribution in [2.45, 2.75) is 114 Å². The molecule has 3 aliphatic heterocycles. The number of carbonyl (C=O) groups is 4. The maximum atomic E-state index is 13.7. The Morgan fingerprint density at radius 1 is 1.07 bits per heavy atom. The Balaban J connectivity index is 0.942. The number of nitriles is 1. The van der Waals surface area contributed by atoms with Gasteiger partial charge in [-0.3, -0.25) is 44.1 Å². The maximum Gasteiger partial charge on any atom is 0.419 e. The summed E-state index contributed by atoms with van der Waals surface area (Å²) >= 11 is 4.73. The highest BCUT2D eigenvalue weighted by atomic mass is 32.1. The van der Waals surface area contributed by atoms with E-state index in [1.807, 2.05) is 11.0 Å². The molecule has 3 N–H and O–H groups in total. The first-order chi connectivity index (χ1) is 27.0. The summed E-state index contributed by atoms with van der Waals surface area (Å²) in [6, 6.07) is 9.11. The van der Waals surface area contributed by atoms with Crippen LogP contribution in [-0.2, 0) is 30.1 Å². The van der Waals surface area contributed by atoms with Gasteiger partial charge >= 0.3 is 6.18 Å². The highest BCUT2D eigenvalue weighted by Gasteiger charge is 2.54. The molecule has 2 aromatic rings. The first-order valence-corrected chi connectivity index (χ1v) is 19.8. The monoisotopic (exact) mass is 813 g/mol. The molecule has 4 aliphatic rings. The molecule has 14 nitrogen and oxygen atoms in total. The summed E-state index contributed by atoms with van der Waals surface area (Å²) in [6.45, 7) is 10.8. The Kier molecular flexibility index (Phi) is 12.8. The summed E-state index contributed by atoms with van der Waals surface area (Å²) in [6.07, 6.45) is -0.0227. The van der Waals surface area contributed by atoms with E-state index in [-0.39, 0.29) is 60.6 Å². The minimum atomic E-state index is -4.81. The van der Waals surface area contributed by atoms with Crippen LogP contribution in [0.15, 0.2) is 36.5 Å². The van der Waals surface area contributed by atoms with E-state index in [0.29, 0.717) is 24.4 Å². The second kappa shape index (κ2) is 17.3. The number of halogens is 3. The largest absolute Gasteiger partial charge is 0.419 e. The fourth-order valence-corrected chi connectivity index (χ4v) is 9.31. The SMILES string of the molecule is C[C@@H]1CN(CCOC2CCC(N3C(S)N(c4cnc(C#N)c(C(F)(F)F)c4)C(=O)C3(C)C)CC2)C[C@H](C)N1CC(=O)Nc1cccc(NC2CCC(=O)NC2=O)c1. The number of carbonyl (C=O) groups excluding carboxylic acids is 4. The van der Waals surface area contributed by atoms with Crippen molar-refractivity contribution < 1.29 is 37.1 Å². The second-order valence-electron chi connectivity index (χ2n) is 15.9. The van der Waals surface area contributed by atoms with Crippen LogP contribution in [0.25, 0.3) is 0 Å². The molecule has 1 aliphatic carbocycles. The Labute approximate surface area is 335 Å². The number of ether oxygens (including phenoxy) is 1. The van der Waals surface area contributed by atoms with Gasteiger partial charge in [-0.1, -0.05) is 6.07 Å². The zero-order chi connectivity index (χ0) is 41.2. The van der Waals surface area contributed by atoms with Gasteiger partial charge in [-0.25, -0.2) is 4.98 Å². The molecule has 57 heavy (non-hydrogen) atoms. The van der Waals surface area contributed by atoms with Crippen molar-refractivity contribution in [3.63, 3.8) is 0 Å². The molecular weight excluding hydrogens is 764 g/mol. The number of nitrogens with one attached hydrogen (secondary N) is 3. The van der Waals surface area contributed by atoms with Crippen molar-refractivity contribution in [2.75, 3.05) is 48.3 Å². The van der Waals surface area contributed by atoms with Crippen molar-refractivity contribution in [2.24, 2.45) is 0 Å². The minimum absolute atomic E-state index is 0.0340. The third-order valence-corrected chi connectivity index (χ3v) is 11.9. The van der Waals surface area contributed by atoms with Gasteiger partial charge in [0.1, 0.15) is 17.6 Å². The standard InChI is InChI=1S/C39H50F3N9O5S/c1-23-20-48(21-24(2)49(23)22-34(53)46-26-7-5-6-25(16-26)45-31-12-13-33(52)47-35(31)54)14-15-56-29-10-8-27(9-11-29)51-37(57)50(36(55)38(51,3)4)28-17-30(39(40,41)42)32(18-43)44-19-28/h5-7,16-17,19,23-24,27,29,31,37,45,57H,8-15,20-22H2,1-4H3,(H,46,53)(H,47,52,54)/t23-,24+,27?,29?,31?,37?. The Morgan fingerprint density at radius 2 is 1.75 bits per heavy atom. The fraction of sp³-hybridized carbons (Fsp3) is 0.590. The number of benzene rings is 1. The van der Waals surface area contributed by atoms with Crippen molar-refractivity contribution in [1.82, 2.24) is 25.0 Å². The summed E-state index contributed by atoms with van der Waals surface area (Å²) < 4.78 is 47.4. The third-order valence-electron chi connectivity index (χ3n) is 11.5. The predicted octanol–water partition coefficient (Wildman–Crippen LogP) is 4.19. The van der Waals surface area contributed by atoms with Crippen LogP contribution < -0.4 is 20.9 Å². The molecule has 3 saturated heterocycles. The molecule has 4 amide bonds. The molecule has 308 valence electrons. The molecule has 4 fully saturated rings. The zero-order valence-corrected chi connectivity index (χ0v) is 33.4. The number of pyridine rings is 1. The van der Waals surface area contributed by atoms with Gasteiger partial charge in [0.05, 0.1) is 42.2 Å². The summed E-state index contributed by atoms with van der Waals surface area (Å²) in [5.74, 6) is -1.17. The third kappa shape index (κ3) is 9.55. The van der Waals surface area contributed by atoms with E-state index in [1.54, 1.807) is 32.0 Å². The topological polar surface area (TPSA) is 163 Å². The zero-order valence-electron chi connectivity index (χ0n) is 32.5. The Bertz CT molecular complexity index is 1870. The summed E-state index contributed by atoms with van der Waals surface area (Å²) in [5.41, 5.74) is -2.58. The lowest BCUT2D eigenvalue weighted by molar-refractivity contribution is -0.138. The molecule has 1 aromatic carbocycles. The van der Waals surface area contributed by atoms with Crippen molar-refractivity contribution in [3.8, 4) is 6.07 Å². The number of thiol groups is 1. The highest BCUT2D eigenvalue weighted by molar-refractivity contribution is 7.81. The number of hydrogen-bond donors (Lipinski definition) is 4. The van der Waals surface area contributed by atoms with Gasteiger partial charge in [0.15, 0.2) is 5.69 Å². The van der Waals surface area contributed by atoms with Gasteiger partial charge in [0, 0.05) is 55.6 Å². The number of imide groups is 1. The van der Waals surface area contributed by atoms with Crippen LogP contribution in [0.5, 0.6) is 0 Å². The van der Waals surface area contributed by atoms with Crippen LogP contribution in [0.1, 0.15) is 77.5 Å². The second-order valence-corrected chi connectivity index (χ2v) is 16.4. The first-order valence-electron chi connectivity index (χ1n) is 19.3. The molecule has 4 atom stereocenters.